The molecule has 0 saturated carbocycles. The van der Waals surface area contributed by atoms with Crippen LogP contribution >= 0.6 is 0 Å². The van der Waals surface area contributed by atoms with Crippen LogP contribution < -0.4 is 16.3 Å². The number of carbonyl (C=O) groups excluding carboxylic acids is 2. The van der Waals surface area contributed by atoms with Crippen LogP contribution in [0.5, 0.6) is 0 Å². The van der Waals surface area contributed by atoms with Gasteiger partial charge in [-0.05, 0) is 23.6 Å². The SMILES string of the molecule is Cn1c(=O)n(C2CCC(=O)NC2=O)c2ccc3c(c21)CNC3. The molecule has 2 aromatic rings. The van der Waals surface area contributed by atoms with Gasteiger partial charge in [-0.1, -0.05) is 6.07 Å². The minimum atomic E-state index is -0.624. The number of rotatable bonds is 1. The summed E-state index contributed by atoms with van der Waals surface area (Å²) < 4.78 is 3.13. The van der Waals surface area contributed by atoms with Crippen LogP contribution in [-0.2, 0) is 29.7 Å². The van der Waals surface area contributed by atoms with E-state index in [0.29, 0.717) is 6.42 Å². The smallest absolute Gasteiger partial charge is 0.309 e. The lowest BCUT2D eigenvalue weighted by molar-refractivity contribution is -0.135. The van der Waals surface area contributed by atoms with E-state index in [9.17, 15) is 14.4 Å². The number of carbonyl (C=O) groups is 2. The zero-order valence-electron chi connectivity index (χ0n) is 12.2. The zero-order valence-corrected chi connectivity index (χ0v) is 12.2. The number of aromatic nitrogens is 2. The van der Waals surface area contributed by atoms with Gasteiger partial charge in [-0.25, -0.2) is 4.79 Å². The second-order valence-electron chi connectivity index (χ2n) is 5.85. The number of hydrogen-bond acceptors (Lipinski definition) is 4. The number of nitrogens with zero attached hydrogens (tertiary/aromatic N) is 2. The summed E-state index contributed by atoms with van der Waals surface area (Å²) in [5.41, 5.74) is 3.71. The molecular formula is C15H16N4O3. The first-order valence-electron chi connectivity index (χ1n) is 7.34. The molecule has 0 spiro atoms. The van der Waals surface area contributed by atoms with Gasteiger partial charge in [-0.3, -0.25) is 24.0 Å². The number of imide groups is 1. The number of fused-ring (bicyclic) bond motifs is 3. The molecular weight excluding hydrogens is 284 g/mol. The molecule has 2 N–H and O–H groups in total. The molecule has 1 aromatic carbocycles. The molecule has 4 rings (SSSR count). The average Bonchev–Trinajstić information content (AvgIpc) is 3.04. The first-order chi connectivity index (χ1) is 10.6. The van der Waals surface area contributed by atoms with E-state index < -0.39 is 11.9 Å². The molecule has 1 unspecified atom stereocenters. The van der Waals surface area contributed by atoms with Gasteiger partial charge in [0.25, 0.3) is 0 Å². The fraction of sp³-hybridized carbons (Fsp3) is 0.400. The Labute approximate surface area is 125 Å². The van der Waals surface area contributed by atoms with Crippen LogP contribution in [0, 0.1) is 0 Å². The van der Waals surface area contributed by atoms with E-state index >= 15 is 0 Å². The minimum Gasteiger partial charge on any atom is -0.309 e. The molecule has 114 valence electrons. The summed E-state index contributed by atoms with van der Waals surface area (Å²) in [6, 6.07) is 3.27. The standard InChI is InChI=1S/C15H16N4O3/c1-18-13-9-7-16-6-8(9)2-3-10(13)19(15(18)22)11-4-5-12(20)17-14(11)21/h2-3,11,16H,4-7H2,1H3,(H,17,20,21). The third-order valence-corrected chi connectivity index (χ3v) is 4.59. The van der Waals surface area contributed by atoms with Gasteiger partial charge in [-0.2, -0.15) is 0 Å². The third-order valence-electron chi connectivity index (χ3n) is 4.59. The highest BCUT2D eigenvalue weighted by atomic mass is 16.2. The summed E-state index contributed by atoms with van der Waals surface area (Å²) in [6.45, 7) is 1.52. The van der Waals surface area contributed by atoms with E-state index in [1.807, 2.05) is 12.1 Å². The number of benzene rings is 1. The molecule has 1 atom stereocenters. The monoisotopic (exact) mass is 300 g/mol. The lowest BCUT2D eigenvalue weighted by Crippen LogP contribution is -2.44. The van der Waals surface area contributed by atoms with E-state index in [-0.39, 0.29) is 18.0 Å². The normalized spacial score (nSPS) is 21.2. The van der Waals surface area contributed by atoms with Crippen molar-refractivity contribution in [2.45, 2.75) is 32.0 Å². The largest absolute Gasteiger partial charge is 0.329 e. The average molecular weight is 300 g/mol. The number of hydrogen-bond donors (Lipinski definition) is 2. The van der Waals surface area contributed by atoms with Gasteiger partial charge in [-0.15, -0.1) is 0 Å². The summed E-state index contributed by atoms with van der Waals surface area (Å²) in [5, 5.41) is 5.60. The van der Waals surface area contributed by atoms with Crippen LogP contribution in [0.1, 0.15) is 30.0 Å². The Morgan fingerprint density at radius 3 is 2.77 bits per heavy atom. The van der Waals surface area contributed by atoms with Crippen LogP contribution in [-0.4, -0.2) is 20.9 Å². The fourth-order valence-electron chi connectivity index (χ4n) is 3.51. The topological polar surface area (TPSA) is 85.1 Å². The first kappa shape index (κ1) is 13.3. The van der Waals surface area contributed by atoms with Crippen LogP contribution in [0.2, 0.25) is 0 Å². The Morgan fingerprint density at radius 2 is 2.00 bits per heavy atom. The highest BCUT2D eigenvalue weighted by molar-refractivity contribution is 6.00. The highest BCUT2D eigenvalue weighted by Crippen LogP contribution is 2.28. The predicted molar refractivity (Wildman–Crippen MR) is 79.1 cm³/mol. The molecule has 2 amide bonds. The van der Waals surface area contributed by atoms with Crippen molar-refractivity contribution in [3.8, 4) is 0 Å². The van der Waals surface area contributed by atoms with Crippen molar-refractivity contribution in [1.29, 1.82) is 0 Å². The lowest BCUT2D eigenvalue weighted by atomic mass is 10.0. The molecule has 1 saturated heterocycles. The van der Waals surface area contributed by atoms with E-state index in [0.717, 1.165) is 29.7 Å². The van der Waals surface area contributed by atoms with Crippen molar-refractivity contribution < 1.29 is 9.59 Å². The maximum absolute atomic E-state index is 12.7. The molecule has 1 fully saturated rings. The highest BCUT2D eigenvalue weighted by Gasteiger charge is 2.32. The summed E-state index contributed by atoms with van der Waals surface area (Å²) >= 11 is 0. The maximum atomic E-state index is 12.7. The van der Waals surface area contributed by atoms with Gasteiger partial charge >= 0.3 is 5.69 Å². The van der Waals surface area contributed by atoms with Crippen LogP contribution in [0.25, 0.3) is 11.0 Å². The van der Waals surface area contributed by atoms with Crippen molar-refractivity contribution in [3.63, 3.8) is 0 Å². The Hall–Kier alpha value is -2.41. The Morgan fingerprint density at radius 1 is 1.18 bits per heavy atom. The van der Waals surface area contributed by atoms with Crippen molar-refractivity contribution in [2.24, 2.45) is 7.05 Å². The molecule has 0 radical (unpaired) electrons. The second kappa shape index (κ2) is 4.54. The summed E-state index contributed by atoms with van der Waals surface area (Å²) in [4.78, 5) is 36.1. The number of nitrogens with one attached hydrogen (secondary N) is 2. The van der Waals surface area contributed by atoms with E-state index in [4.69, 9.17) is 0 Å². The number of amides is 2. The molecule has 7 heteroatoms. The van der Waals surface area contributed by atoms with Crippen LogP contribution in [0.4, 0.5) is 0 Å². The van der Waals surface area contributed by atoms with Gasteiger partial charge < -0.3 is 5.32 Å². The Balaban J connectivity index is 1.96. The summed E-state index contributed by atoms with van der Waals surface area (Å²) in [6.07, 6.45) is 0.616. The van der Waals surface area contributed by atoms with Gasteiger partial charge in [0.1, 0.15) is 6.04 Å². The number of imidazole rings is 1. The molecule has 0 bridgehead atoms. The predicted octanol–water partition coefficient (Wildman–Crippen LogP) is -0.0791. The van der Waals surface area contributed by atoms with Gasteiger partial charge in [0.05, 0.1) is 11.0 Å². The summed E-state index contributed by atoms with van der Waals surface area (Å²) in [5.74, 6) is -0.677. The van der Waals surface area contributed by atoms with Crippen molar-refractivity contribution in [3.05, 3.63) is 33.7 Å². The lowest BCUT2D eigenvalue weighted by Gasteiger charge is -2.22. The first-order valence-corrected chi connectivity index (χ1v) is 7.34. The fourth-order valence-corrected chi connectivity index (χ4v) is 3.51. The molecule has 22 heavy (non-hydrogen) atoms. The zero-order chi connectivity index (χ0) is 15.4. The molecule has 2 aliphatic heterocycles. The Kier molecular flexibility index (Phi) is 2.74. The third kappa shape index (κ3) is 1.69. The van der Waals surface area contributed by atoms with Gasteiger partial charge in [0, 0.05) is 26.6 Å². The maximum Gasteiger partial charge on any atom is 0.329 e. The van der Waals surface area contributed by atoms with Crippen molar-refractivity contribution >= 4 is 22.8 Å². The number of piperidine rings is 1. The van der Waals surface area contributed by atoms with E-state index in [1.54, 1.807) is 11.6 Å². The Bertz CT molecular complexity index is 877. The molecule has 7 nitrogen and oxygen atoms in total. The van der Waals surface area contributed by atoms with Crippen molar-refractivity contribution in [1.82, 2.24) is 19.8 Å². The summed E-state index contributed by atoms with van der Waals surface area (Å²) in [7, 11) is 1.73. The number of aryl methyl sites for hydroxylation is 1. The van der Waals surface area contributed by atoms with Crippen LogP contribution in [0.15, 0.2) is 16.9 Å². The minimum absolute atomic E-state index is 0.218. The van der Waals surface area contributed by atoms with E-state index in [2.05, 4.69) is 10.6 Å². The van der Waals surface area contributed by atoms with Gasteiger partial charge in [0.15, 0.2) is 0 Å². The second-order valence-corrected chi connectivity index (χ2v) is 5.85. The molecule has 2 aliphatic rings. The van der Waals surface area contributed by atoms with E-state index in [1.165, 1.54) is 10.1 Å². The molecule has 1 aromatic heterocycles. The molecule has 0 aliphatic carbocycles. The molecule has 3 heterocycles. The quantitative estimate of drug-likeness (QED) is 0.722. The van der Waals surface area contributed by atoms with Gasteiger partial charge in [0.2, 0.25) is 11.8 Å². The van der Waals surface area contributed by atoms with Crippen LogP contribution in [0.3, 0.4) is 0 Å². The van der Waals surface area contributed by atoms with Crippen molar-refractivity contribution in [2.75, 3.05) is 0 Å².